The lowest BCUT2D eigenvalue weighted by Gasteiger charge is -2.07. The van der Waals surface area contributed by atoms with Crippen LogP contribution in [-0.2, 0) is 13.6 Å². The van der Waals surface area contributed by atoms with Crippen LogP contribution < -0.4 is 10.6 Å². The van der Waals surface area contributed by atoms with Crippen LogP contribution in [0.25, 0.3) is 0 Å². The van der Waals surface area contributed by atoms with E-state index in [1.807, 2.05) is 24.3 Å². The summed E-state index contributed by atoms with van der Waals surface area (Å²) in [5, 5.41) is 10.2. The summed E-state index contributed by atoms with van der Waals surface area (Å²) >= 11 is 0. The van der Waals surface area contributed by atoms with Crippen LogP contribution in [0.4, 0.5) is 5.69 Å². The Labute approximate surface area is 119 Å². The number of benzene rings is 1. The first-order valence-corrected chi connectivity index (χ1v) is 6.78. The van der Waals surface area contributed by atoms with Crippen molar-refractivity contribution in [2.24, 2.45) is 7.05 Å². The van der Waals surface area contributed by atoms with E-state index in [9.17, 15) is 4.79 Å². The number of aromatic nitrogens is 2. The van der Waals surface area contributed by atoms with E-state index in [0.717, 1.165) is 30.8 Å². The van der Waals surface area contributed by atoms with Gasteiger partial charge in [-0.3, -0.25) is 9.48 Å². The molecule has 1 heterocycles. The molecule has 5 heteroatoms. The fraction of sp³-hybridized carbons (Fsp3) is 0.333. The molecule has 2 N–H and O–H groups in total. The molecule has 0 fully saturated rings. The number of carbonyl (C=O) groups is 1. The smallest absolute Gasteiger partial charge is 0.258 e. The molecule has 0 saturated heterocycles. The summed E-state index contributed by atoms with van der Waals surface area (Å²) in [5.74, 6) is -0.142. The summed E-state index contributed by atoms with van der Waals surface area (Å²) in [6.45, 7) is 3.94. The largest absolute Gasteiger partial charge is 0.322 e. The summed E-state index contributed by atoms with van der Waals surface area (Å²) in [5.41, 5.74) is 2.51. The molecular formula is C15H20N4O. The molecule has 0 atom stereocenters. The Morgan fingerprint density at radius 1 is 1.40 bits per heavy atom. The maximum Gasteiger partial charge on any atom is 0.258 e. The highest BCUT2D eigenvalue weighted by molar-refractivity contribution is 6.03. The molecule has 0 radical (unpaired) electrons. The zero-order valence-corrected chi connectivity index (χ0v) is 11.9. The number of hydrogen-bond acceptors (Lipinski definition) is 3. The second-order valence-electron chi connectivity index (χ2n) is 4.73. The van der Waals surface area contributed by atoms with Gasteiger partial charge in [0.15, 0.2) is 0 Å². The van der Waals surface area contributed by atoms with E-state index < -0.39 is 0 Å². The van der Waals surface area contributed by atoms with Gasteiger partial charge in [0.25, 0.3) is 5.91 Å². The summed E-state index contributed by atoms with van der Waals surface area (Å²) < 4.78 is 1.61. The monoisotopic (exact) mass is 272 g/mol. The number of hydrogen-bond donors (Lipinski definition) is 2. The first kappa shape index (κ1) is 14.3. The fourth-order valence-electron chi connectivity index (χ4n) is 1.91. The predicted molar refractivity (Wildman–Crippen MR) is 79.6 cm³/mol. The number of amides is 1. The average molecular weight is 272 g/mol. The summed E-state index contributed by atoms with van der Waals surface area (Å²) in [6.07, 6.45) is 4.36. The Bertz CT molecular complexity index is 577. The SMILES string of the molecule is CCCNCc1cccc(NC(=O)c2cnn(C)c2)c1. The molecule has 0 unspecified atom stereocenters. The molecule has 1 aromatic carbocycles. The van der Waals surface area contributed by atoms with E-state index in [1.165, 1.54) is 0 Å². The van der Waals surface area contributed by atoms with Crippen molar-refractivity contribution < 1.29 is 4.79 Å². The van der Waals surface area contributed by atoms with Gasteiger partial charge in [-0.2, -0.15) is 5.10 Å². The number of aryl methyl sites for hydroxylation is 1. The highest BCUT2D eigenvalue weighted by Gasteiger charge is 2.08. The maximum atomic E-state index is 12.0. The fourth-order valence-corrected chi connectivity index (χ4v) is 1.91. The molecule has 106 valence electrons. The molecule has 2 aromatic rings. The average Bonchev–Trinajstić information content (AvgIpc) is 2.86. The van der Waals surface area contributed by atoms with Gasteiger partial charge < -0.3 is 10.6 Å². The predicted octanol–water partition coefficient (Wildman–Crippen LogP) is 2.17. The molecule has 0 saturated carbocycles. The van der Waals surface area contributed by atoms with Gasteiger partial charge in [-0.25, -0.2) is 0 Å². The van der Waals surface area contributed by atoms with E-state index >= 15 is 0 Å². The summed E-state index contributed by atoms with van der Waals surface area (Å²) in [6, 6.07) is 7.86. The molecule has 0 spiro atoms. The Balaban J connectivity index is 1.98. The normalized spacial score (nSPS) is 10.5. The van der Waals surface area contributed by atoms with Gasteiger partial charge in [0.2, 0.25) is 0 Å². The van der Waals surface area contributed by atoms with Crippen molar-refractivity contribution in [2.45, 2.75) is 19.9 Å². The molecular weight excluding hydrogens is 252 g/mol. The molecule has 0 aliphatic carbocycles. The molecule has 1 amide bonds. The van der Waals surface area contributed by atoms with E-state index in [2.05, 4.69) is 22.7 Å². The summed E-state index contributed by atoms with van der Waals surface area (Å²) in [7, 11) is 1.79. The lowest BCUT2D eigenvalue weighted by molar-refractivity contribution is 0.102. The highest BCUT2D eigenvalue weighted by Crippen LogP contribution is 2.12. The minimum Gasteiger partial charge on any atom is -0.322 e. The van der Waals surface area contributed by atoms with Crippen LogP contribution in [-0.4, -0.2) is 22.2 Å². The van der Waals surface area contributed by atoms with Crippen LogP contribution >= 0.6 is 0 Å². The highest BCUT2D eigenvalue weighted by atomic mass is 16.1. The quantitative estimate of drug-likeness (QED) is 0.792. The van der Waals surface area contributed by atoms with E-state index in [0.29, 0.717) is 5.56 Å². The Morgan fingerprint density at radius 3 is 2.95 bits per heavy atom. The van der Waals surface area contributed by atoms with Crippen LogP contribution in [0.1, 0.15) is 29.3 Å². The lowest BCUT2D eigenvalue weighted by Crippen LogP contribution is -2.15. The molecule has 0 aliphatic rings. The Morgan fingerprint density at radius 2 is 2.25 bits per heavy atom. The van der Waals surface area contributed by atoms with Crippen LogP contribution in [0.2, 0.25) is 0 Å². The second-order valence-corrected chi connectivity index (χ2v) is 4.73. The van der Waals surface area contributed by atoms with Crippen LogP contribution in [0, 0.1) is 0 Å². The van der Waals surface area contributed by atoms with Crippen LogP contribution in [0.15, 0.2) is 36.7 Å². The topological polar surface area (TPSA) is 58.9 Å². The van der Waals surface area contributed by atoms with Crippen LogP contribution in [0.5, 0.6) is 0 Å². The third-order valence-corrected chi connectivity index (χ3v) is 2.91. The van der Waals surface area contributed by atoms with Crippen molar-refractivity contribution in [3.8, 4) is 0 Å². The van der Waals surface area contributed by atoms with E-state index in [-0.39, 0.29) is 5.91 Å². The van der Waals surface area contributed by atoms with Crippen molar-refractivity contribution >= 4 is 11.6 Å². The number of nitrogens with one attached hydrogen (secondary N) is 2. The van der Waals surface area contributed by atoms with Crippen molar-refractivity contribution in [2.75, 3.05) is 11.9 Å². The van der Waals surface area contributed by atoms with Gasteiger partial charge in [-0.15, -0.1) is 0 Å². The van der Waals surface area contributed by atoms with E-state index in [1.54, 1.807) is 24.1 Å². The number of rotatable bonds is 6. The first-order chi connectivity index (χ1) is 9.69. The van der Waals surface area contributed by atoms with Gasteiger partial charge in [0, 0.05) is 25.5 Å². The Hall–Kier alpha value is -2.14. The first-order valence-electron chi connectivity index (χ1n) is 6.78. The molecule has 5 nitrogen and oxygen atoms in total. The lowest BCUT2D eigenvalue weighted by atomic mass is 10.2. The molecule has 0 aliphatic heterocycles. The molecule has 0 bridgehead atoms. The van der Waals surface area contributed by atoms with Crippen LogP contribution in [0.3, 0.4) is 0 Å². The van der Waals surface area contributed by atoms with Crippen molar-refractivity contribution in [1.29, 1.82) is 0 Å². The van der Waals surface area contributed by atoms with Gasteiger partial charge in [-0.1, -0.05) is 19.1 Å². The molecule has 2 rings (SSSR count). The van der Waals surface area contributed by atoms with Gasteiger partial charge in [-0.05, 0) is 30.7 Å². The number of nitrogens with zero attached hydrogens (tertiary/aromatic N) is 2. The van der Waals surface area contributed by atoms with Gasteiger partial charge >= 0.3 is 0 Å². The maximum absolute atomic E-state index is 12.0. The minimum atomic E-state index is -0.142. The minimum absolute atomic E-state index is 0.142. The third kappa shape index (κ3) is 3.93. The molecule has 20 heavy (non-hydrogen) atoms. The third-order valence-electron chi connectivity index (χ3n) is 2.91. The van der Waals surface area contributed by atoms with Gasteiger partial charge in [0.05, 0.1) is 11.8 Å². The summed E-state index contributed by atoms with van der Waals surface area (Å²) in [4.78, 5) is 12.0. The standard InChI is InChI=1S/C15H20N4O/c1-3-7-16-9-12-5-4-6-14(8-12)18-15(20)13-10-17-19(2)11-13/h4-6,8,10-11,16H,3,7,9H2,1-2H3,(H,18,20). The van der Waals surface area contributed by atoms with Crippen molar-refractivity contribution in [3.05, 3.63) is 47.8 Å². The second kappa shape index (κ2) is 6.86. The number of anilines is 1. The zero-order valence-electron chi connectivity index (χ0n) is 11.9. The van der Waals surface area contributed by atoms with Gasteiger partial charge in [0.1, 0.15) is 0 Å². The van der Waals surface area contributed by atoms with Crippen molar-refractivity contribution in [3.63, 3.8) is 0 Å². The zero-order chi connectivity index (χ0) is 14.4. The van der Waals surface area contributed by atoms with Crippen molar-refractivity contribution in [1.82, 2.24) is 15.1 Å². The van der Waals surface area contributed by atoms with E-state index in [4.69, 9.17) is 0 Å². The Kier molecular flexibility index (Phi) is 4.90. The molecule has 1 aromatic heterocycles. The number of carbonyl (C=O) groups excluding carboxylic acids is 1.